The average molecular weight is 254 g/mol. The molecule has 108 valence electrons. The summed E-state index contributed by atoms with van der Waals surface area (Å²) >= 11 is 0. The van der Waals surface area contributed by atoms with Gasteiger partial charge in [0, 0.05) is 2.74 Å². The van der Waals surface area contributed by atoms with Gasteiger partial charge in [-0.3, -0.25) is 0 Å². The van der Waals surface area contributed by atoms with Gasteiger partial charge in [-0.25, -0.2) is 0 Å². The Hall–Kier alpha value is 0. The maximum absolute atomic E-state index is 8.84. The summed E-state index contributed by atoms with van der Waals surface area (Å²) < 4.78 is 16.9. The van der Waals surface area contributed by atoms with Gasteiger partial charge in [-0.2, -0.15) is 0 Å². The maximum Gasteiger partial charge on any atom is 0.0306 e. The van der Waals surface area contributed by atoms with Gasteiger partial charge in [-0.1, -0.05) is 97.8 Å². The van der Waals surface area contributed by atoms with Crippen LogP contribution in [-0.2, 0) is 0 Å². The molecule has 1 aliphatic rings. The van der Waals surface area contributed by atoms with Crippen LogP contribution in [0.15, 0.2) is 0 Å². The number of hydrogen-bond acceptors (Lipinski definition) is 0. The Morgan fingerprint density at radius 3 is 2.67 bits per heavy atom. The minimum absolute atomic E-state index is 0.107. The van der Waals surface area contributed by atoms with Crippen LogP contribution >= 0.6 is 0 Å². The van der Waals surface area contributed by atoms with Crippen LogP contribution in [0, 0.1) is 17.7 Å². The largest absolute Gasteiger partial charge is 0.0654 e. The van der Waals surface area contributed by atoms with Crippen LogP contribution in [0.3, 0.4) is 0 Å². The highest BCUT2D eigenvalue weighted by molar-refractivity contribution is 4.75. The third-order valence-electron chi connectivity index (χ3n) is 4.38. The van der Waals surface area contributed by atoms with E-state index >= 15 is 0 Å². The molecule has 0 aromatic carbocycles. The minimum Gasteiger partial charge on any atom is -0.0654 e. The normalized spacial score (nSPS) is 34.4. The molecule has 0 amide bonds. The zero-order valence-electron chi connectivity index (χ0n) is 15.0. The van der Waals surface area contributed by atoms with E-state index in [-0.39, 0.29) is 12.3 Å². The third kappa shape index (κ3) is 6.81. The van der Waals surface area contributed by atoms with Gasteiger partial charge in [-0.15, -0.1) is 0 Å². The number of rotatable bonds is 9. The first-order valence-electron chi connectivity index (χ1n) is 9.48. The Morgan fingerprint density at radius 2 is 1.94 bits per heavy atom. The van der Waals surface area contributed by atoms with Crippen LogP contribution in [0.25, 0.3) is 0 Å². The second kappa shape index (κ2) is 9.87. The molecule has 0 heterocycles. The molecule has 0 radical (unpaired) electrons. The van der Waals surface area contributed by atoms with Crippen LogP contribution in [-0.4, -0.2) is 0 Å². The lowest BCUT2D eigenvalue weighted by atomic mass is 9.74. The van der Waals surface area contributed by atoms with Crippen molar-refractivity contribution in [3.8, 4) is 0 Å². The molecule has 1 rings (SSSR count). The van der Waals surface area contributed by atoms with Crippen LogP contribution in [0.5, 0.6) is 0 Å². The fraction of sp³-hybridized carbons (Fsp3) is 1.00. The van der Waals surface area contributed by atoms with E-state index in [9.17, 15) is 0 Å². The third-order valence-corrected chi connectivity index (χ3v) is 4.38. The highest BCUT2D eigenvalue weighted by Gasteiger charge is 2.23. The van der Waals surface area contributed by atoms with Gasteiger partial charge in [0.2, 0.25) is 0 Å². The Labute approximate surface area is 119 Å². The summed E-state index contributed by atoms with van der Waals surface area (Å²) in [6.45, 7) is 6.82. The van der Waals surface area contributed by atoms with Gasteiger partial charge in [0.15, 0.2) is 0 Å². The fourth-order valence-electron chi connectivity index (χ4n) is 3.15. The predicted octanol–water partition coefficient (Wildman–Crippen LogP) is 6.59. The summed E-state index contributed by atoms with van der Waals surface area (Å²) in [5.74, 6) is 1.11. The molecule has 0 aliphatic heterocycles. The minimum atomic E-state index is -0.203. The first-order chi connectivity index (χ1) is 9.48. The Kier molecular flexibility index (Phi) is 7.13. The van der Waals surface area contributed by atoms with Crippen molar-refractivity contribution < 1.29 is 2.74 Å². The summed E-state index contributed by atoms with van der Waals surface area (Å²) in [5.41, 5.74) is 0. The van der Waals surface area contributed by atoms with E-state index in [0.29, 0.717) is 5.92 Å². The van der Waals surface area contributed by atoms with Gasteiger partial charge < -0.3 is 0 Å². The molecule has 0 N–H and O–H groups in total. The Balaban J connectivity index is 2.36. The van der Waals surface area contributed by atoms with Crippen LogP contribution < -0.4 is 0 Å². The molecule has 0 bridgehead atoms. The Bertz CT molecular complexity index is 248. The highest BCUT2D eigenvalue weighted by Crippen LogP contribution is 2.36. The average Bonchev–Trinajstić information content (AvgIpc) is 2.40. The van der Waals surface area contributed by atoms with E-state index in [1.165, 1.54) is 44.9 Å². The first kappa shape index (κ1) is 13.0. The van der Waals surface area contributed by atoms with Crippen molar-refractivity contribution in [1.29, 1.82) is 0 Å². The lowest BCUT2D eigenvalue weighted by molar-refractivity contribution is 0.203. The molecular weight excluding hydrogens is 216 g/mol. The second-order valence-corrected chi connectivity index (χ2v) is 6.55. The molecule has 0 heteroatoms. The Morgan fingerprint density at radius 1 is 1.11 bits per heavy atom. The standard InChI is InChI=1S/C18H36/c1-4-5-12-17-14-9-10-15-18(17)13-8-6-7-11-16(2)3/h16-18H,4-15H2,1-3H3/i10D,17D. The predicted molar refractivity (Wildman–Crippen MR) is 82.9 cm³/mol. The summed E-state index contributed by atoms with van der Waals surface area (Å²) in [6.07, 6.45) is 12.9. The molecule has 0 aromatic heterocycles. The van der Waals surface area contributed by atoms with E-state index in [2.05, 4.69) is 20.8 Å². The van der Waals surface area contributed by atoms with Gasteiger partial charge in [0.05, 0.1) is 0 Å². The summed E-state index contributed by atoms with van der Waals surface area (Å²) in [6, 6.07) is 0. The van der Waals surface area contributed by atoms with Crippen molar-refractivity contribution in [1.82, 2.24) is 0 Å². The summed E-state index contributed by atoms with van der Waals surface area (Å²) in [7, 11) is 0. The van der Waals surface area contributed by atoms with Gasteiger partial charge in [0.1, 0.15) is 0 Å². The molecule has 0 nitrogen and oxygen atoms in total. The van der Waals surface area contributed by atoms with E-state index in [1.807, 2.05) is 0 Å². The molecule has 0 saturated heterocycles. The number of hydrogen-bond donors (Lipinski definition) is 0. The van der Waals surface area contributed by atoms with Gasteiger partial charge >= 0.3 is 0 Å². The topological polar surface area (TPSA) is 0 Å². The lowest BCUT2D eigenvalue weighted by Crippen LogP contribution is -2.19. The molecule has 3 atom stereocenters. The van der Waals surface area contributed by atoms with Gasteiger partial charge in [0.25, 0.3) is 0 Å². The van der Waals surface area contributed by atoms with Crippen molar-refractivity contribution in [2.24, 2.45) is 17.7 Å². The molecule has 1 aliphatic carbocycles. The summed E-state index contributed by atoms with van der Waals surface area (Å²) in [5, 5.41) is 0. The zero-order valence-corrected chi connectivity index (χ0v) is 13.0. The summed E-state index contributed by atoms with van der Waals surface area (Å²) in [4.78, 5) is 0. The second-order valence-electron chi connectivity index (χ2n) is 6.55. The first-order valence-corrected chi connectivity index (χ1v) is 8.40. The van der Waals surface area contributed by atoms with E-state index in [0.717, 1.165) is 31.6 Å². The van der Waals surface area contributed by atoms with Crippen molar-refractivity contribution in [3.63, 3.8) is 0 Å². The quantitative estimate of drug-likeness (QED) is 0.407. The molecule has 1 fully saturated rings. The smallest absolute Gasteiger partial charge is 0.0306 e. The molecule has 0 spiro atoms. The monoisotopic (exact) mass is 254 g/mol. The molecule has 18 heavy (non-hydrogen) atoms. The molecule has 1 saturated carbocycles. The highest BCUT2D eigenvalue weighted by atomic mass is 14.3. The van der Waals surface area contributed by atoms with Gasteiger partial charge in [-0.05, 0) is 17.7 Å². The molecular formula is C18H36. The fourth-order valence-corrected chi connectivity index (χ4v) is 3.15. The lowest BCUT2D eigenvalue weighted by Gasteiger charge is -2.31. The van der Waals surface area contributed by atoms with Crippen LogP contribution in [0.4, 0.5) is 0 Å². The van der Waals surface area contributed by atoms with Crippen molar-refractivity contribution >= 4 is 0 Å². The van der Waals surface area contributed by atoms with Crippen molar-refractivity contribution in [2.75, 3.05) is 0 Å². The van der Waals surface area contributed by atoms with E-state index in [1.54, 1.807) is 0 Å². The van der Waals surface area contributed by atoms with Crippen LogP contribution in [0.2, 0.25) is 0 Å². The van der Waals surface area contributed by atoms with E-state index in [4.69, 9.17) is 2.74 Å². The SMILES string of the molecule is [2H]C1CCC([2H])(CCCC)C(CCCCCC(C)C)C1. The molecule has 0 aromatic rings. The number of unbranched alkanes of at least 4 members (excludes halogenated alkanes) is 3. The van der Waals surface area contributed by atoms with Crippen molar-refractivity contribution in [3.05, 3.63) is 0 Å². The van der Waals surface area contributed by atoms with Crippen LogP contribution in [0.1, 0.15) is 101 Å². The van der Waals surface area contributed by atoms with Crippen molar-refractivity contribution in [2.45, 2.75) is 97.8 Å². The zero-order chi connectivity index (χ0) is 15.0. The van der Waals surface area contributed by atoms with E-state index < -0.39 is 0 Å². The maximum atomic E-state index is 8.84. The molecule has 3 unspecified atom stereocenters.